The number of nitrogens with zero attached hydrogens (tertiary/aromatic N) is 1. The summed E-state index contributed by atoms with van der Waals surface area (Å²) in [7, 11) is -3.87. The summed E-state index contributed by atoms with van der Waals surface area (Å²) in [5, 5.41) is 12.2. The van der Waals surface area contributed by atoms with Gasteiger partial charge in [0.15, 0.2) is 0 Å². The highest BCUT2D eigenvalue weighted by molar-refractivity contribution is 7.91. The molecule has 13 nitrogen and oxygen atoms in total. The van der Waals surface area contributed by atoms with E-state index in [2.05, 4.69) is 32.4 Å². The molecule has 0 unspecified atom stereocenters. The second kappa shape index (κ2) is 13.0. The van der Waals surface area contributed by atoms with Crippen molar-refractivity contribution in [3.63, 3.8) is 0 Å². The molecule has 2 aromatic rings. The third-order valence-corrected chi connectivity index (χ3v) is 11.9. The largest absolute Gasteiger partial charge is 0.490 e. The van der Waals surface area contributed by atoms with E-state index in [4.69, 9.17) is 9.57 Å². The maximum absolute atomic E-state index is 14.0. The molecule has 4 amide bonds. The minimum Gasteiger partial charge on any atom is -0.490 e. The highest BCUT2D eigenvalue weighted by Crippen LogP contribution is 2.46. The smallest absolute Gasteiger partial charge is 0.259 e. The fourth-order valence-corrected chi connectivity index (χ4v) is 8.38. The van der Waals surface area contributed by atoms with E-state index in [-0.39, 0.29) is 32.4 Å². The Hall–Kier alpha value is -4.98. The Kier molecular flexibility index (Phi) is 8.75. The molecule has 4 bridgehead atoms. The molecule has 6 atom stereocenters. The molecule has 0 spiro atoms. The molecular weight excluding hydrogens is 662 g/mol. The average molecular weight is 702 g/mol. The number of fused-ring (bicyclic) bond motifs is 6. The number of carbonyl (C=O) groups excluding carboxylic acids is 4. The van der Waals surface area contributed by atoms with Crippen molar-refractivity contribution in [3.05, 3.63) is 78.4 Å². The fraction of sp³-hybridized carbons (Fsp3) is 0.417. The normalized spacial score (nSPS) is 30.6. The van der Waals surface area contributed by atoms with Crippen molar-refractivity contribution < 1.29 is 37.2 Å². The number of rotatable bonds is 6. The Balaban J connectivity index is 1.18. The van der Waals surface area contributed by atoms with Gasteiger partial charge in [-0.2, -0.15) is 0 Å². The maximum atomic E-state index is 14.0. The SMILES string of the molecule is C=C[C@H]1C[C@]1(NC(=O)[C@@H]1C[C@@H]2C[C@H]1C(=O)N[C@H](C)C(=O)NC/C=C\COc1ccc3c(c1)/C(=N\O2)c1ccccc1-3)C(=O)NS(=O)(=O)C1CC1. The second-order valence-corrected chi connectivity index (χ2v) is 15.5. The van der Waals surface area contributed by atoms with Gasteiger partial charge in [-0.05, 0) is 74.4 Å². The van der Waals surface area contributed by atoms with Gasteiger partial charge in [0.1, 0.15) is 35.8 Å². The van der Waals surface area contributed by atoms with Crippen molar-refractivity contribution in [1.29, 1.82) is 0 Å². The van der Waals surface area contributed by atoms with Gasteiger partial charge < -0.3 is 25.5 Å². The lowest BCUT2D eigenvalue weighted by molar-refractivity contribution is -0.137. The van der Waals surface area contributed by atoms with Gasteiger partial charge in [-0.25, -0.2) is 8.42 Å². The van der Waals surface area contributed by atoms with E-state index in [1.165, 1.54) is 6.08 Å². The zero-order valence-corrected chi connectivity index (χ0v) is 28.3. The van der Waals surface area contributed by atoms with Gasteiger partial charge in [0.25, 0.3) is 5.91 Å². The Bertz CT molecular complexity index is 1940. The molecule has 1 aliphatic heterocycles. The number of carbonyl (C=O) groups is 4. The van der Waals surface area contributed by atoms with Gasteiger partial charge in [-0.1, -0.05) is 41.6 Å². The first-order chi connectivity index (χ1) is 24.0. The minimum absolute atomic E-state index is 0.0839. The maximum Gasteiger partial charge on any atom is 0.259 e. The summed E-state index contributed by atoms with van der Waals surface area (Å²) in [6, 6.07) is 12.6. The molecular formula is C36H39N5O8S. The molecule has 50 heavy (non-hydrogen) atoms. The van der Waals surface area contributed by atoms with Crippen LogP contribution in [0.1, 0.15) is 50.2 Å². The monoisotopic (exact) mass is 701 g/mol. The lowest BCUT2D eigenvalue weighted by Crippen LogP contribution is -2.55. The van der Waals surface area contributed by atoms with E-state index in [9.17, 15) is 27.6 Å². The number of nitrogens with one attached hydrogen (secondary N) is 4. The quantitative estimate of drug-likeness (QED) is 0.282. The van der Waals surface area contributed by atoms with E-state index >= 15 is 0 Å². The van der Waals surface area contributed by atoms with Crippen molar-refractivity contribution in [2.45, 2.75) is 62.0 Å². The zero-order valence-electron chi connectivity index (χ0n) is 27.5. The topological polar surface area (TPSA) is 181 Å². The molecule has 3 fully saturated rings. The van der Waals surface area contributed by atoms with E-state index < -0.39 is 74.3 Å². The first kappa shape index (κ1) is 33.5. The number of oxime groups is 1. The van der Waals surface area contributed by atoms with Crippen LogP contribution in [-0.4, -0.2) is 73.8 Å². The standard InChI is InChI=1S/C36H39N5O8S/c1-3-21-19-36(21,35(45)41-50(46,47)24-11-12-24)39-34(44)30-18-23-17-29(30)33(43)38-20(2)32(42)37-14-6-7-15-48-22-10-13-26-25-8-4-5-9-27(25)31(40-49-23)28(26)16-22/h3-10,13,16,20-21,23-24,29-30H,1,11-12,14-15,17-19H2,2H3,(H,37,42)(H,38,43)(H,39,44)(H,41,45)/b7-6-,40-31-/t20-,21+,23+,29-,30-,36-/m1/s1. The summed E-state index contributed by atoms with van der Waals surface area (Å²) in [5.74, 6) is -4.14. The molecule has 2 aromatic carbocycles. The summed E-state index contributed by atoms with van der Waals surface area (Å²) in [6.45, 7) is 5.79. The summed E-state index contributed by atoms with van der Waals surface area (Å²) in [4.78, 5) is 60.0. The van der Waals surface area contributed by atoms with Crippen LogP contribution in [0.2, 0.25) is 0 Å². The highest BCUT2D eigenvalue weighted by atomic mass is 32.2. The highest BCUT2D eigenvalue weighted by Gasteiger charge is 2.62. The van der Waals surface area contributed by atoms with Gasteiger partial charge in [-0.3, -0.25) is 23.9 Å². The zero-order chi connectivity index (χ0) is 35.2. The predicted molar refractivity (Wildman–Crippen MR) is 183 cm³/mol. The van der Waals surface area contributed by atoms with E-state index in [1.807, 2.05) is 42.5 Å². The van der Waals surface area contributed by atoms with Crippen molar-refractivity contribution in [3.8, 4) is 16.9 Å². The van der Waals surface area contributed by atoms with Crippen LogP contribution in [0.3, 0.4) is 0 Å². The lowest BCUT2D eigenvalue weighted by Gasteiger charge is -2.24. The summed E-state index contributed by atoms with van der Waals surface area (Å²) >= 11 is 0. The number of hydrogen-bond donors (Lipinski definition) is 4. The van der Waals surface area contributed by atoms with Crippen LogP contribution >= 0.6 is 0 Å². The van der Waals surface area contributed by atoms with Crippen LogP contribution in [0.5, 0.6) is 5.75 Å². The van der Waals surface area contributed by atoms with Crippen molar-refractivity contribution in [1.82, 2.24) is 20.7 Å². The molecule has 0 aromatic heterocycles. The first-order valence-electron chi connectivity index (χ1n) is 16.9. The Morgan fingerprint density at radius 2 is 1.78 bits per heavy atom. The van der Waals surface area contributed by atoms with Crippen molar-refractivity contribution in [2.24, 2.45) is 22.9 Å². The van der Waals surface area contributed by atoms with E-state index in [0.29, 0.717) is 24.3 Å². The average Bonchev–Trinajstić information content (AvgIpc) is 4.01. The summed E-state index contributed by atoms with van der Waals surface area (Å²) in [5.41, 5.74) is 2.70. The van der Waals surface area contributed by atoms with Gasteiger partial charge in [0, 0.05) is 23.6 Å². The van der Waals surface area contributed by atoms with Crippen LogP contribution in [0, 0.1) is 17.8 Å². The first-order valence-corrected chi connectivity index (χ1v) is 18.4. The lowest BCUT2D eigenvalue weighted by atomic mass is 9.93. The van der Waals surface area contributed by atoms with E-state index in [0.717, 1.165) is 22.3 Å². The molecule has 5 aliphatic rings. The second-order valence-electron chi connectivity index (χ2n) is 13.5. The van der Waals surface area contributed by atoms with Crippen molar-refractivity contribution >= 4 is 39.4 Å². The van der Waals surface area contributed by atoms with Gasteiger partial charge in [0.2, 0.25) is 27.7 Å². The molecule has 0 saturated heterocycles. The minimum atomic E-state index is -3.87. The molecule has 7 rings (SSSR count). The molecule has 1 heterocycles. The van der Waals surface area contributed by atoms with Crippen LogP contribution in [-0.2, 0) is 34.0 Å². The van der Waals surface area contributed by atoms with Gasteiger partial charge >= 0.3 is 0 Å². The molecule has 3 saturated carbocycles. The van der Waals surface area contributed by atoms with Crippen LogP contribution in [0.4, 0.5) is 0 Å². The number of amides is 4. The Labute approximate surface area is 290 Å². The summed E-state index contributed by atoms with van der Waals surface area (Å²) in [6.07, 6.45) is 5.67. The molecule has 4 N–H and O–H groups in total. The number of sulfonamides is 1. The van der Waals surface area contributed by atoms with Crippen LogP contribution in [0.25, 0.3) is 11.1 Å². The van der Waals surface area contributed by atoms with Crippen LogP contribution in [0.15, 0.2) is 72.4 Å². The van der Waals surface area contributed by atoms with Gasteiger partial charge in [0.05, 0.1) is 17.1 Å². The number of benzene rings is 2. The van der Waals surface area contributed by atoms with Gasteiger partial charge in [-0.15, -0.1) is 6.58 Å². The Morgan fingerprint density at radius 3 is 2.52 bits per heavy atom. The van der Waals surface area contributed by atoms with Crippen LogP contribution < -0.4 is 25.4 Å². The van der Waals surface area contributed by atoms with E-state index in [1.54, 1.807) is 19.1 Å². The third-order valence-electron chi connectivity index (χ3n) is 10.1. The van der Waals surface area contributed by atoms with Crippen molar-refractivity contribution in [2.75, 3.05) is 13.2 Å². The molecule has 0 radical (unpaired) electrons. The third kappa shape index (κ3) is 6.39. The number of ether oxygens (including phenoxy) is 1. The number of hydrogen-bond acceptors (Lipinski definition) is 9. The predicted octanol–water partition coefficient (Wildman–Crippen LogP) is 2.07. The molecule has 14 heteroatoms. The molecule has 4 aliphatic carbocycles. The summed E-state index contributed by atoms with van der Waals surface area (Å²) < 4.78 is 33.3. The molecule has 262 valence electrons. The fourth-order valence-electron chi connectivity index (χ4n) is 7.02. The Morgan fingerprint density at radius 1 is 1.02 bits per heavy atom.